The van der Waals surface area contributed by atoms with Gasteiger partial charge in [-0.2, -0.15) is 0 Å². The predicted molar refractivity (Wildman–Crippen MR) is 86.7 cm³/mol. The minimum Gasteiger partial charge on any atom is -0.377 e. The van der Waals surface area contributed by atoms with Crippen LogP contribution in [0.4, 0.5) is 0 Å². The van der Waals surface area contributed by atoms with Crippen molar-refractivity contribution in [3.05, 3.63) is 35.9 Å². The van der Waals surface area contributed by atoms with E-state index in [0.29, 0.717) is 6.54 Å². The second-order valence-electron chi connectivity index (χ2n) is 5.36. The van der Waals surface area contributed by atoms with E-state index in [1.54, 1.807) is 4.90 Å². The van der Waals surface area contributed by atoms with E-state index in [1.807, 2.05) is 44.3 Å². The molecule has 0 spiro atoms. The number of rotatable bonds is 6. The molecule has 0 aliphatic carbocycles. The molecule has 1 fully saturated rings. The van der Waals surface area contributed by atoms with Crippen molar-refractivity contribution >= 4 is 18.3 Å². The molecule has 5 heteroatoms. The van der Waals surface area contributed by atoms with Crippen LogP contribution < -0.4 is 5.32 Å². The second kappa shape index (κ2) is 9.03. The minimum absolute atomic E-state index is 0. The summed E-state index contributed by atoms with van der Waals surface area (Å²) in [4.78, 5) is 13.9. The molecule has 0 bridgehead atoms. The van der Waals surface area contributed by atoms with Gasteiger partial charge in [0, 0.05) is 20.2 Å². The quantitative estimate of drug-likeness (QED) is 0.877. The third-order valence-corrected chi connectivity index (χ3v) is 3.93. The first kappa shape index (κ1) is 18.0. The monoisotopic (exact) mass is 312 g/mol. The van der Waals surface area contributed by atoms with Crippen LogP contribution in [-0.2, 0) is 9.53 Å². The summed E-state index contributed by atoms with van der Waals surface area (Å²) in [6, 6.07) is 10.2. The van der Waals surface area contributed by atoms with Crippen LogP contribution in [-0.4, -0.2) is 43.7 Å². The van der Waals surface area contributed by atoms with Gasteiger partial charge < -0.3 is 15.0 Å². The van der Waals surface area contributed by atoms with Gasteiger partial charge in [-0.3, -0.25) is 4.79 Å². The van der Waals surface area contributed by atoms with Crippen molar-refractivity contribution in [3.8, 4) is 0 Å². The van der Waals surface area contributed by atoms with Crippen molar-refractivity contribution in [1.82, 2.24) is 10.2 Å². The van der Waals surface area contributed by atoms with E-state index >= 15 is 0 Å². The number of carbonyl (C=O) groups excluding carboxylic acids is 1. The Balaban J connectivity index is 0.00000220. The smallest absolute Gasteiger partial charge is 0.236 e. The fraction of sp³-hybridized carbons (Fsp3) is 0.562. The number of benzene rings is 1. The lowest BCUT2D eigenvalue weighted by Crippen LogP contribution is -2.39. The summed E-state index contributed by atoms with van der Waals surface area (Å²) in [5, 5.41) is 3.20. The summed E-state index contributed by atoms with van der Waals surface area (Å²) >= 11 is 0. The van der Waals surface area contributed by atoms with Crippen LogP contribution in [0.15, 0.2) is 30.3 Å². The second-order valence-corrected chi connectivity index (χ2v) is 5.36. The van der Waals surface area contributed by atoms with Crippen LogP contribution in [0.1, 0.15) is 31.4 Å². The summed E-state index contributed by atoms with van der Waals surface area (Å²) in [6.45, 7) is 4.03. The highest BCUT2D eigenvalue weighted by Gasteiger charge is 2.18. The van der Waals surface area contributed by atoms with Crippen LogP contribution in [0.2, 0.25) is 0 Å². The number of ether oxygens (including phenoxy) is 1. The van der Waals surface area contributed by atoms with Crippen LogP contribution in [0.3, 0.4) is 0 Å². The number of amides is 1. The topological polar surface area (TPSA) is 41.6 Å². The zero-order chi connectivity index (χ0) is 14.4. The van der Waals surface area contributed by atoms with Gasteiger partial charge in [0.25, 0.3) is 0 Å². The van der Waals surface area contributed by atoms with Gasteiger partial charge in [0.05, 0.1) is 18.7 Å². The van der Waals surface area contributed by atoms with E-state index < -0.39 is 0 Å². The van der Waals surface area contributed by atoms with E-state index in [4.69, 9.17) is 4.74 Å². The van der Waals surface area contributed by atoms with E-state index in [9.17, 15) is 4.79 Å². The van der Waals surface area contributed by atoms with Gasteiger partial charge in [-0.05, 0) is 25.3 Å². The Hall–Kier alpha value is -1.10. The number of hydrogen-bond acceptors (Lipinski definition) is 3. The van der Waals surface area contributed by atoms with Crippen LogP contribution in [0.5, 0.6) is 0 Å². The highest BCUT2D eigenvalue weighted by Crippen LogP contribution is 2.18. The maximum absolute atomic E-state index is 12.2. The molecule has 2 unspecified atom stereocenters. The molecular weight excluding hydrogens is 288 g/mol. The van der Waals surface area contributed by atoms with E-state index in [1.165, 1.54) is 0 Å². The molecular formula is C16H25ClN2O2. The Bertz CT molecular complexity index is 422. The summed E-state index contributed by atoms with van der Waals surface area (Å²) in [5.74, 6) is 0.111. The molecule has 0 aromatic heterocycles. The van der Waals surface area contributed by atoms with Crippen molar-refractivity contribution in [2.45, 2.75) is 31.9 Å². The molecule has 0 radical (unpaired) electrons. The fourth-order valence-electron chi connectivity index (χ4n) is 2.44. The summed E-state index contributed by atoms with van der Waals surface area (Å²) in [6.07, 6.45) is 2.50. The molecule has 1 N–H and O–H groups in total. The minimum atomic E-state index is 0. The zero-order valence-electron chi connectivity index (χ0n) is 12.7. The average molecular weight is 313 g/mol. The Labute approximate surface area is 133 Å². The molecule has 2 atom stereocenters. The molecule has 1 saturated heterocycles. The molecule has 118 valence electrons. The third kappa shape index (κ3) is 5.30. The molecule has 21 heavy (non-hydrogen) atoms. The Morgan fingerprint density at radius 2 is 2.14 bits per heavy atom. The van der Waals surface area contributed by atoms with Gasteiger partial charge in [0.1, 0.15) is 0 Å². The maximum Gasteiger partial charge on any atom is 0.236 e. The highest BCUT2D eigenvalue weighted by atomic mass is 35.5. The molecule has 1 aromatic rings. The van der Waals surface area contributed by atoms with Crippen molar-refractivity contribution in [1.29, 1.82) is 0 Å². The normalized spacial score (nSPS) is 18.9. The lowest BCUT2D eigenvalue weighted by Gasteiger charge is -2.25. The lowest BCUT2D eigenvalue weighted by molar-refractivity contribution is -0.130. The number of halogens is 1. The van der Waals surface area contributed by atoms with Crippen molar-refractivity contribution < 1.29 is 9.53 Å². The first-order valence-electron chi connectivity index (χ1n) is 7.31. The Morgan fingerprint density at radius 3 is 2.76 bits per heavy atom. The molecule has 1 aromatic carbocycles. The van der Waals surface area contributed by atoms with Gasteiger partial charge in [-0.15, -0.1) is 12.4 Å². The number of carbonyl (C=O) groups is 1. The summed E-state index contributed by atoms with van der Waals surface area (Å²) in [5.41, 5.74) is 1.16. The van der Waals surface area contributed by atoms with Crippen LogP contribution in [0, 0.1) is 0 Å². The van der Waals surface area contributed by atoms with Gasteiger partial charge in [0.15, 0.2) is 0 Å². The SMILES string of the molecule is CC(c1ccccc1)N(C)C(=O)CNCC1CCCO1.Cl. The molecule has 1 amide bonds. The van der Waals surface area contributed by atoms with E-state index in [-0.39, 0.29) is 30.5 Å². The molecule has 1 aliphatic heterocycles. The van der Waals surface area contributed by atoms with Gasteiger partial charge in [-0.25, -0.2) is 0 Å². The van der Waals surface area contributed by atoms with Crippen molar-refractivity contribution in [3.63, 3.8) is 0 Å². The first-order valence-corrected chi connectivity index (χ1v) is 7.31. The average Bonchev–Trinajstić information content (AvgIpc) is 2.99. The Morgan fingerprint density at radius 1 is 1.43 bits per heavy atom. The standard InChI is InChI=1S/C16H24N2O2.ClH/c1-13(14-7-4-3-5-8-14)18(2)16(19)12-17-11-15-9-6-10-20-15;/h3-5,7-8,13,15,17H,6,9-12H2,1-2H3;1H. The molecule has 1 heterocycles. The van der Waals surface area contributed by atoms with Gasteiger partial charge >= 0.3 is 0 Å². The van der Waals surface area contributed by atoms with Gasteiger partial charge in [0.2, 0.25) is 5.91 Å². The number of likely N-dealkylation sites (N-methyl/N-ethyl adjacent to an activating group) is 1. The summed E-state index contributed by atoms with van der Waals surface area (Å²) < 4.78 is 5.52. The number of nitrogens with zero attached hydrogens (tertiary/aromatic N) is 1. The van der Waals surface area contributed by atoms with Gasteiger partial charge in [-0.1, -0.05) is 30.3 Å². The van der Waals surface area contributed by atoms with Crippen LogP contribution >= 0.6 is 12.4 Å². The molecule has 0 saturated carbocycles. The van der Waals surface area contributed by atoms with Crippen molar-refractivity contribution in [2.75, 3.05) is 26.7 Å². The zero-order valence-corrected chi connectivity index (χ0v) is 13.6. The third-order valence-electron chi connectivity index (χ3n) is 3.93. The largest absolute Gasteiger partial charge is 0.377 e. The predicted octanol–water partition coefficient (Wildman–Crippen LogP) is 2.40. The summed E-state index contributed by atoms with van der Waals surface area (Å²) in [7, 11) is 1.85. The maximum atomic E-state index is 12.2. The first-order chi connectivity index (χ1) is 9.68. The number of nitrogens with one attached hydrogen (secondary N) is 1. The molecule has 4 nitrogen and oxygen atoms in total. The van der Waals surface area contributed by atoms with Crippen molar-refractivity contribution in [2.24, 2.45) is 0 Å². The van der Waals surface area contributed by atoms with E-state index in [0.717, 1.165) is 31.6 Å². The molecule has 1 aliphatic rings. The van der Waals surface area contributed by atoms with E-state index in [2.05, 4.69) is 5.32 Å². The fourth-order valence-corrected chi connectivity index (χ4v) is 2.44. The molecule has 2 rings (SSSR count). The Kier molecular flexibility index (Phi) is 7.72. The number of hydrogen-bond donors (Lipinski definition) is 1. The lowest BCUT2D eigenvalue weighted by atomic mass is 10.1. The van der Waals surface area contributed by atoms with Crippen LogP contribution in [0.25, 0.3) is 0 Å². The highest BCUT2D eigenvalue weighted by molar-refractivity contribution is 5.85.